The van der Waals surface area contributed by atoms with E-state index in [9.17, 15) is 14.4 Å². The van der Waals surface area contributed by atoms with Crippen LogP contribution in [-0.4, -0.2) is 30.5 Å². The van der Waals surface area contributed by atoms with Gasteiger partial charge in [0.05, 0.1) is 36.0 Å². The van der Waals surface area contributed by atoms with E-state index in [1.807, 2.05) is 52.7 Å². The van der Waals surface area contributed by atoms with Crippen molar-refractivity contribution in [2.45, 2.75) is 37.6 Å². The minimum Gasteiger partial charge on any atom is -0.465 e. The van der Waals surface area contributed by atoms with E-state index in [-0.39, 0.29) is 23.5 Å². The van der Waals surface area contributed by atoms with Crippen LogP contribution in [0.2, 0.25) is 0 Å². The number of fused-ring (bicyclic) bond motifs is 2. The molecular weight excluding hydrogens is 472 g/mol. The minimum absolute atomic E-state index is 0.0333. The fourth-order valence-corrected chi connectivity index (χ4v) is 6.31. The highest BCUT2D eigenvalue weighted by Crippen LogP contribution is 2.49. The number of para-hydroxylation sites is 2. The van der Waals surface area contributed by atoms with Crippen LogP contribution in [0.3, 0.4) is 0 Å². The summed E-state index contributed by atoms with van der Waals surface area (Å²) in [6.07, 6.45) is 2.81. The number of thiophene rings is 1. The Morgan fingerprint density at radius 3 is 2.47 bits per heavy atom. The number of Topliss-reactive ketones (excluding diaryl/α,β-unsaturated/α-hetero) is 1. The van der Waals surface area contributed by atoms with E-state index in [2.05, 4.69) is 6.07 Å². The van der Waals surface area contributed by atoms with Gasteiger partial charge in [0, 0.05) is 28.8 Å². The molecule has 2 aliphatic carbocycles. The van der Waals surface area contributed by atoms with Crippen molar-refractivity contribution >= 4 is 46.1 Å². The number of methoxy groups -OCH3 is 1. The average molecular weight is 499 g/mol. The average Bonchev–Trinajstić information content (AvgIpc) is 3.64. The van der Waals surface area contributed by atoms with Crippen molar-refractivity contribution in [2.24, 2.45) is 16.8 Å². The molecule has 2 fully saturated rings. The van der Waals surface area contributed by atoms with Crippen LogP contribution in [0.1, 0.15) is 58.4 Å². The van der Waals surface area contributed by atoms with Gasteiger partial charge in [-0.1, -0.05) is 30.3 Å². The maximum absolute atomic E-state index is 13.9. The van der Waals surface area contributed by atoms with Crippen molar-refractivity contribution in [3.8, 4) is 0 Å². The molecule has 0 radical (unpaired) electrons. The lowest BCUT2D eigenvalue weighted by atomic mass is 9.73. The van der Waals surface area contributed by atoms with Gasteiger partial charge in [-0.2, -0.15) is 0 Å². The first-order valence-electron chi connectivity index (χ1n) is 12.3. The number of aliphatic imine (C=N–C) groups is 1. The second-order valence-electron chi connectivity index (χ2n) is 9.70. The van der Waals surface area contributed by atoms with Gasteiger partial charge >= 0.3 is 5.97 Å². The molecule has 1 aliphatic heterocycles. The van der Waals surface area contributed by atoms with E-state index < -0.39 is 17.9 Å². The summed E-state index contributed by atoms with van der Waals surface area (Å²) in [4.78, 5) is 47.8. The molecule has 0 saturated heterocycles. The summed E-state index contributed by atoms with van der Waals surface area (Å²) in [6.45, 7) is 0. The van der Waals surface area contributed by atoms with Crippen LogP contribution in [0.4, 0.5) is 11.4 Å². The maximum atomic E-state index is 13.9. The van der Waals surface area contributed by atoms with E-state index in [0.29, 0.717) is 18.4 Å². The molecule has 2 aromatic carbocycles. The number of hydrogen-bond donors (Lipinski definition) is 0. The zero-order valence-corrected chi connectivity index (χ0v) is 20.7. The molecule has 6 nitrogen and oxygen atoms in total. The van der Waals surface area contributed by atoms with Crippen molar-refractivity contribution in [1.82, 2.24) is 0 Å². The molecule has 3 aromatic rings. The fraction of sp³-hybridized carbons (Fsp3) is 0.310. The molecule has 0 N–H and O–H groups in total. The van der Waals surface area contributed by atoms with Gasteiger partial charge in [0.1, 0.15) is 5.78 Å². The second-order valence-corrected chi connectivity index (χ2v) is 10.7. The van der Waals surface area contributed by atoms with Crippen LogP contribution < -0.4 is 4.90 Å². The van der Waals surface area contributed by atoms with Crippen LogP contribution in [-0.2, 0) is 14.3 Å². The fourth-order valence-electron chi connectivity index (χ4n) is 5.48. The highest BCUT2D eigenvalue weighted by Gasteiger charge is 2.48. The Morgan fingerprint density at radius 1 is 1.00 bits per heavy atom. The summed E-state index contributed by atoms with van der Waals surface area (Å²) >= 11 is 1.67. The molecule has 2 heterocycles. The molecule has 6 rings (SSSR count). The first-order valence-corrected chi connectivity index (χ1v) is 13.2. The Balaban J connectivity index is 1.50. The molecule has 0 bridgehead atoms. The smallest absolute Gasteiger partial charge is 0.337 e. The number of hydrogen-bond acceptors (Lipinski definition) is 6. The number of amides is 1. The quantitative estimate of drug-likeness (QED) is 0.422. The van der Waals surface area contributed by atoms with E-state index in [0.717, 1.165) is 35.5 Å². The van der Waals surface area contributed by atoms with Crippen LogP contribution in [0.25, 0.3) is 0 Å². The van der Waals surface area contributed by atoms with Gasteiger partial charge in [0.25, 0.3) is 0 Å². The van der Waals surface area contributed by atoms with Crippen molar-refractivity contribution in [1.29, 1.82) is 0 Å². The van der Waals surface area contributed by atoms with Crippen LogP contribution >= 0.6 is 11.3 Å². The van der Waals surface area contributed by atoms with Gasteiger partial charge in [0.15, 0.2) is 0 Å². The number of carbonyl (C=O) groups excluding carboxylic acids is 3. The number of benzene rings is 2. The lowest BCUT2D eigenvalue weighted by Gasteiger charge is -2.39. The normalized spacial score (nSPS) is 23.2. The third kappa shape index (κ3) is 3.97. The Bertz CT molecular complexity index is 1360. The predicted molar refractivity (Wildman–Crippen MR) is 139 cm³/mol. The largest absolute Gasteiger partial charge is 0.465 e. The monoisotopic (exact) mass is 498 g/mol. The predicted octanol–water partition coefficient (Wildman–Crippen LogP) is 5.87. The molecule has 2 saturated carbocycles. The van der Waals surface area contributed by atoms with Gasteiger partial charge in [-0.25, -0.2) is 4.79 Å². The minimum atomic E-state index is -0.541. The number of nitrogens with zero attached hydrogens (tertiary/aromatic N) is 2. The lowest BCUT2D eigenvalue weighted by molar-refractivity contribution is -0.123. The third-order valence-corrected chi connectivity index (χ3v) is 8.43. The van der Waals surface area contributed by atoms with E-state index in [1.54, 1.807) is 23.5 Å². The zero-order chi connectivity index (χ0) is 24.8. The standard InChI is InChI=1S/C29H26N2O4S/c1-35-29(34)19-12-8-17(9-13-19)27-26-22(15-20(16-24(26)32)25-7-4-14-36-25)30-21-5-2-3-6-23(21)31(27)28(33)18-10-11-18/h2-9,12-14,18,20,26-27H,10-11,15-16H2,1H3/t20-,26-,27+/m0/s1. The second kappa shape index (κ2) is 9.13. The summed E-state index contributed by atoms with van der Waals surface area (Å²) in [5.74, 6) is -0.772. The molecular formula is C29H26N2O4S. The molecule has 1 amide bonds. The zero-order valence-electron chi connectivity index (χ0n) is 19.9. The first-order chi connectivity index (χ1) is 17.5. The summed E-state index contributed by atoms with van der Waals surface area (Å²) < 4.78 is 4.86. The molecule has 7 heteroatoms. The van der Waals surface area contributed by atoms with Gasteiger partial charge in [0.2, 0.25) is 5.91 Å². The number of carbonyl (C=O) groups is 3. The highest BCUT2D eigenvalue weighted by molar-refractivity contribution is 7.10. The van der Waals surface area contributed by atoms with Crippen molar-refractivity contribution < 1.29 is 19.1 Å². The lowest BCUT2D eigenvalue weighted by Crippen LogP contribution is -2.46. The van der Waals surface area contributed by atoms with Crippen molar-refractivity contribution in [3.63, 3.8) is 0 Å². The molecule has 3 aliphatic rings. The molecule has 0 unspecified atom stereocenters. The Labute approximate surface area is 213 Å². The van der Waals surface area contributed by atoms with E-state index in [4.69, 9.17) is 9.73 Å². The number of ether oxygens (including phenoxy) is 1. The van der Waals surface area contributed by atoms with Crippen molar-refractivity contribution in [2.75, 3.05) is 12.0 Å². The summed E-state index contributed by atoms with van der Waals surface area (Å²) in [5.41, 5.74) is 3.52. The van der Waals surface area contributed by atoms with Gasteiger partial charge in [-0.05, 0) is 60.5 Å². The summed E-state index contributed by atoms with van der Waals surface area (Å²) in [7, 11) is 1.35. The number of esters is 1. The topological polar surface area (TPSA) is 76.0 Å². The van der Waals surface area contributed by atoms with Crippen LogP contribution in [0, 0.1) is 11.8 Å². The first kappa shape index (κ1) is 22.9. The Hall–Kier alpha value is -3.58. The highest BCUT2D eigenvalue weighted by atomic mass is 32.1. The number of rotatable bonds is 4. The molecule has 36 heavy (non-hydrogen) atoms. The molecule has 182 valence electrons. The number of ketones is 1. The van der Waals surface area contributed by atoms with Gasteiger partial charge < -0.3 is 9.64 Å². The molecule has 1 aromatic heterocycles. The SMILES string of the molecule is COC(=O)c1ccc([C@@H]2[C@@H]3C(=O)C[C@@H](c4cccs4)CC3=Nc3ccccc3N2C(=O)C2CC2)cc1. The van der Waals surface area contributed by atoms with Crippen LogP contribution in [0.5, 0.6) is 0 Å². The van der Waals surface area contributed by atoms with Crippen LogP contribution in [0.15, 0.2) is 71.0 Å². The summed E-state index contributed by atoms with van der Waals surface area (Å²) in [6, 6.07) is 18.4. The number of anilines is 1. The summed E-state index contributed by atoms with van der Waals surface area (Å²) in [5, 5.41) is 2.04. The molecule has 0 spiro atoms. The van der Waals surface area contributed by atoms with E-state index in [1.165, 1.54) is 12.0 Å². The van der Waals surface area contributed by atoms with Crippen molar-refractivity contribution in [3.05, 3.63) is 82.0 Å². The van der Waals surface area contributed by atoms with Gasteiger partial charge in [-0.15, -0.1) is 11.3 Å². The third-order valence-electron chi connectivity index (χ3n) is 7.39. The van der Waals surface area contributed by atoms with E-state index >= 15 is 0 Å². The molecule has 3 atom stereocenters. The maximum Gasteiger partial charge on any atom is 0.337 e. The Kier molecular flexibility index (Phi) is 5.80. The van der Waals surface area contributed by atoms with Gasteiger partial charge in [-0.3, -0.25) is 14.6 Å². The Morgan fingerprint density at radius 2 is 1.78 bits per heavy atom.